The Morgan fingerprint density at radius 1 is 0.917 bits per heavy atom. The quantitative estimate of drug-likeness (QED) is 0.550. The lowest BCUT2D eigenvalue weighted by molar-refractivity contribution is -0.147. The van der Waals surface area contributed by atoms with Gasteiger partial charge in [0.05, 0.1) is 11.5 Å². The van der Waals surface area contributed by atoms with Crippen LogP contribution < -0.4 is 9.80 Å². The van der Waals surface area contributed by atoms with Crippen molar-refractivity contribution in [2.24, 2.45) is 5.92 Å². The Hall–Kier alpha value is -3.07. The SMILES string of the molecule is O=C(O)C1CN(Cc2ccc(N3CCN(c4ccc(C(F)(F)F)c(C5CCCCC5)c4)C3=O)cc2)C1. The van der Waals surface area contributed by atoms with Crippen molar-refractivity contribution in [2.45, 2.75) is 50.7 Å². The van der Waals surface area contributed by atoms with E-state index >= 15 is 0 Å². The average Bonchev–Trinajstić information content (AvgIpc) is 3.22. The second kappa shape index (κ2) is 9.76. The normalized spacial score (nSPS) is 20.1. The van der Waals surface area contributed by atoms with E-state index in [-0.39, 0.29) is 17.9 Å². The molecule has 6 nitrogen and oxygen atoms in total. The molecule has 192 valence electrons. The fraction of sp³-hybridized carbons (Fsp3) is 0.481. The van der Waals surface area contributed by atoms with Crippen LogP contribution in [0, 0.1) is 5.92 Å². The van der Waals surface area contributed by atoms with Gasteiger partial charge in [-0.05, 0) is 60.2 Å². The number of halogens is 3. The van der Waals surface area contributed by atoms with Gasteiger partial charge in [0.25, 0.3) is 0 Å². The number of anilines is 2. The molecule has 1 saturated carbocycles. The summed E-state index contributed by atoms with van der Waals surface area (Å²) < 4.78 is 41.2. The highest BCUT2D eigenvalue weighted by molar-refractivity contribution is 6.06. The molecule has 2 heterocycles. The number of alkyl halides is 3. The molecule has 1 N–H and O–H groups in total. The zero-order valence-electron chi connectivity index (χ0n) is 20.0. The predicted molar refractivity (Wildman–Crippen MR) is 130 cm³/mol. The van der Waals surface area contributed by atoms with E-state index in [1.54, 1.807) is 15.9 Å². The Balaban J connectivity index is 1.29. The molecule has 0 radical (unpaired) electrons. The highest BCUT2D eigenvalue weighted by atomic mass is 19.4. The number of carbonyl (C=O) groups is 2. The van der Waals surface area contributed by atoms with E-state index in [0.29, 0.717) is 44.0 Å². The highest BCUT2D eigenvalue weighted by Gasteiger charge is 2.37. The molecular formula is C27H30F3N3O3. The number of likely N-dealkylation sites (tertiary alicyclic amines) is 1. The van der Waals surface area contributed by atoms with Gasteiger partial charge in [-0.15, -0.1) is 0 Å². The third-order valence-electron chi connectivity index (χ3n) is 7.67. The monoisotopic (exact) mass is 501 g/mol. The molecule has 1 aliphatic carbocycles. The first-order chi connectivity index (χ1) is 17.2. The smallest absolute Gasteiger partial charge is 0.416 e. The van der Waals surface area contributed by atoms with E-state index in [2.05, 4.69) is 4.90 Å². The summed E-state index contributed by atoms with van der Waals surface area (Å²) >= 11 is 0. The fourth-order valence-electron chi connectivity index (χ4n) is 5.64. The second-order valence-corrected chi connectivity index (χ2v) is 10.1. The van der Waals surface area contributed by atoms with Crippen LogP contribution in [-0.2, 0) is 17.5 Å². The van der Waals surface area contributed by atoms with Crippen LogP contribution in [0.4, 0.5) is 29.3 Å². The summed E-state index contributed by atoms with van der Waals surface area (Å²) in [5, 5.41) is 9.02. The van der Waals surface area contributed by atoms with Gasteiger partial charge in [-0.3, -0.25) is 19.5 Å². The van der Waals surface area contributed by atoms with Gasteiger partial charge in [0, 0.05) is 44.1 Å². The van der Waals surface area contributed by atoms with Gasteiger partial charge >= 0.3 is 18.2 Å². The zero-order valence-corrected chi connectivity index (χ0v) is 20.0. The molecule has 0 aromatic heterocycles. The Morgan fingerprint density at radius 3 is 2.14 bits per heavy atom. The summed E-state index contributed by atoms with van der Waals surface area (Å²) in [7, 11) is 0. The van der Waals surface area contributed by atoms with Gasteiger partial charge in [0.2, 0.25) is 0 Å². The molecule has 2 amide bonds. The minimum Gasteiger partial charge on any atom is -0.481 e. The van der Waals surface area contributed by atoms with Crippen molar-refractivity contribution < 1.29 is 27.9 Å². The maximum atomic E-state index is 13.7. The van der Waals surface area contributed by atoms with Crippen LogP contribution in [0.2, 0.25) is 0 Å². The molecule has 0 unspecified atom stereocenters. The zero-order chi connectivity index (χ0) is 25.4. The maximum Gasteiger partial charge on any atom is 0.416 e. The summed E-state index contributed by atoms with van der Waals surface area (Å²) in [6, 6.07) is 11.5. The minimum atomic E-state index is -4.42. The number of benzene rings is 2. The third kappa shape index (κ3) is 4.93. The number of aliphatic carboxylic acids is 1. The summed E-state index contributed by atoms with van der Waals surface area (Å²) in [5.74, 6) is -1.20. The number of carboxylic acids is 1. The van der Waals surface area contributed by atoms with E-state index in [0.717, 1.165) is 49.4 Å². The van der Waals surface area contributed by atoms with Gasteiger partial charge in [0.15, 0.2) is 0 Å². The van der Waals surface area contributed by atoms with Gasteiger partial charge in [-0.25, -0.2) is 4.79 Å². The highest BCUT2D eigenvalue weighted by Crippen LogP contribution is 2.42. The number of hydrogen-bond donors (Lipinski definition) is 1. The van der Waals surface area contributed by atoms with Crippen LogP contribution in [0.5, 0.6) is 0 Å². The van der Waals surface area contributed by atoms with E-state index in [9.17, 15) is 22.8 Å². The number of carboxylic acid groups (broad SMARTS) is 1. The molecule has 5 rings (SSSR count). The van der Waals surface area contributed by atoms with Crippen LogP contribution in [0.3, 0.4) is 0 Å². The topological polar surface area (TPSA) is 64.1 Å². The molecule has 0 atom stereocenters. The lowest BCUT2D eigenvalue weighted by atomic mass is 9.81. The largest absolute Gasteiger partial charge is 0.481 e. The van der Waals surface area contributed by atoms with Crippen LogP contribution in [0.25, 0.3) is 0 Å². The van der Waals surface area contributed by atoms with Crippen molar-refractivity contribution in [3.63, 3.8) is 0 Å². The first-order valence-electron chi connectivity index (χ1n) is 12.5. The van der Waals surface area contributed by atoms with Crippen LogP contribution in [0.1, 0.15) is 54.7 Å². The number of rotatable bonds is 6. The van der Waals surface area contributed by atoms with Gasteiger partial charge < -0.3 is 5.11 Å². The van der Waals surface area contributed by atoms with Crippen LogP contribution in [0.15, 0.2) is 42.5 Å². The molecule has 2 saturated heterocycles. The number of urea groups is 1. The van der Waals surface area contributed by atoms with E-state index < -0.39 is 17.7 Å². The summed E-state index contributed by atoms with van der Waals surface area (Å²) in [5.41, 5.74) is 2.00. The van der Waals surface area contributed by atoms with Crippen molar-refractivity contribution in [2.75, 3.05) is 36.0 Å². The molecule has 3 fully saturated rings. The fourth-order valence-corrected chi connectivity index (χ4v) is 5.64. The number of carbonyl (C=O) groups excluding carboxylic acids is 1. The second-order valence-electron chi connectivity index (χ2n) is 10.1. The van der Waals surface area contributed by atoms with Gasteiger partial charge in [0.1, 0.15) is 0 Å². The molecule has 2 aromatic rings. The third-order valence-corrected chi connectivity index (χ3v) is 7.67. The Kier molecular flexibility index (Phi) is 6.68. The first-order valence-corrected chi connectivity index (χ1v) is 12.5. The summed E-state index contributed by atoms with van der Waals surface area (Å²) in [6.07, 6.45) is -0.0246. The Labute approximate surface area is 208 Å². The first kappa shape index (κ1) is 24.6. The molecule has 0 bridgehead atoms. The number of nitrogens with zero attached hydrogens (tertiary/aromatic N) is 3. The molecule has 9 heteroatoms. The number of hydrogen-bond acceptors (Lipinski definition) is 3. The van der Waals surface area contributed by atoms with Gasteiger partial charge in [-0.1, -0.05) is 31.4 Å². The average molecular weight is 502 g/mol. The predicted octanol–water partition coefficient (Wildman–Crippen LogP) is 5.72. The summed E-state index contributed by atoms with van der Waals surface area (Å²) in [4.78, 5) is 29.5. The molecule has 0 spiro atoms. The van der Waals surface area contributed by atoms with E-state index in [1.807, 2.05) is 24.3 Å². The Bertz CT molecular complexity index is 1120. The van der Waals surface area contributed by atoms with E-state index in [4.69, 9.17) is 5.11 Å². The van der Waals surface area contributed by atoms with Crippen molar-refractivity contribution >= 4 is 23.4 Å². The summed E-state index contributed by atoms with van der Waals surface area (Å²) in [6.45, 7) is 2.57. The number of amides is 2. The van der Waals surface area contributed by atoms with Gasteiger partial charge in [-0.2, -0.15) is 13.2 Å². The lowest BCUT2D eigenvalue weighted by Crippen LogP contribution is -2.49. The molecule has 2 aliphatic heterocycles. The molecule has 2 aromatic carbocycles. The molecule has 3 aliphatic rings. The van der Waals surface area contributed by atoms with Crippen molar-refractivity contribution in [1.82, 2.24) is 4.90 Å². The lowest BCUT2D eigenvalue weighted by Gasteiger charge is -2.36. The minimum absolute atomic E-state index is 0.131. The van der Waals surface area contributed by atoms with Crippen molar-refractivity contribution in [1.29, 1.82) is 0 Å². The van der Waals surface area contributed by atoms with Crippen molar-refractivity contribution in [3.8, 4) is 0 Å². The molecule has 36 heavy (non-hydrogen) atoms. The van der Waals surface area contributed by atoms with Crippen molar-refractivity contribution in [3.05, 3.63) is 59.2 Å². The maximum absolute atomic E-state index is 13.7. The van der Waals surface area contributed by atoms with E-state index in [1.165, 1.54) is 6.07 Å². The van der Waals surface area contributed by atoms with Crippen LogP contribution in [-0.4, -0.2) is 48.2 Å². The standard InChI is InChI=1S/C27H30F3N3O3/c28-27(29,30)24-11-10-22(14-23(24)19-4-2-1-3-5-19)33-13-12-32(26(33)36)21-8-6-18(7-9-21)15-31-16-20(17-31)25(34)35/h6-11,14,19-20H,1-5,12-13,15-17H2,(H,34,35). The Morgan fingerprint density at radius 2 is 1.53 bits per heavy atom. The molecular weight excluding hydrogens is 471 g/mol. The van der Waals surface area contributed by atoms with Crippen LogP contribution >= 0.6 is 0 Å².